The number of alkyl halides is 3. The molecule has 0 saturated carbocycles. The maximum atomic E-state index is 12.9. The highest BCUT2D eigenvalue weighted by Gasteiger charge is 2.31. The van der Waals surface area contributed by atoms with Gasteiger partial charge in [0.2, 0.25) is 5.43 Å². The summed E-state index contributed by atoms with van der Waals surface area (Å²) in [6.45, 7) is 1.95. The molecule has 2 nitrogen and oxygen atoms in total. The van der Waals surface area contributed by atoms with E-state index in [1.165, 1.54) is 6.07 Å². The quantitative estimate of drug-likeness (QED) is 0.318. The van der Waals surface area contributed by atoms with Crippen LogP contribution in [-0.2, 0) is 6.18 Å². The molecule has 24 heavy (non-hydrogen) atoms. The van der Waals surface area contributed by atoms with Gasteiger partial charge in [-0.15, -0.1) is 0 Å². The molecule has 0 aliphatic rings. The predicted octanol–water partition coefficient (Wildman–Crippen LogP) is 5.43. The lowest BCUT2D eigenvalue weighted by Gasteiger charge is -2.09. The Morgan fingerprint density at radius 3 is 2.38 bits per heavy atom. The Hall–Kier alpha value is -2.82. The molecule has 0 aliphatic heterocycles. The molecule has 0 atom stereocenters. The van der Waals surface area contributed by atoms with Gasteiger partial charge in [0.05, 0.1) is 16.3 Å². The molecule has 1 aromatic heterocycles. The van der Waals surface area contributed by atoms with Crippen LogP contribution in [0.4, 0.5) is 13.2 Å². The average Bonchev–Trinajstić information content (AvgIpc) is 2.53. The van der Waals surface area contributed by atoms with E-state index in [1.807, 2.05) is 25.1 Å². The second-order valence-electron chi connectivity index (χ2n) is 5.80. The van der Waals surface area contributed by atoms with Crippen LogP contribution >= 0.6 is 0 Å². The van der Waals surface area contributed by atoms with E-state index in [0.29, 0.717) is 5.39 Å². The van der Waals surface area contributed by atoms with Gasteiger partial charge in [-0.1, -0.05) is 29.8 Å². The SMILES string of the molecule is Cc1ccc2c(ccc3oc4cc(C(F)(F)F)ccc4c(=O)c32)c1. The number of hydrogen-bond acceptors (Lipinski definition) is 2. The maximum absolute atomic E-state index is 12.9. The molecule has 1 heterocycles. The third-order valence-corrected chi connectivity index (χ3v) is 4.14. The molecule has 0 fully saturated rings. The summed E-state index contributed by atoms with van der Waals surface area (Å²) in [5, 5.41) is 2.15. The van der Waals surface area contributed by atoms with Gasteiger partial charge in [0.25, 0.3) is 0 Å². The van der Waals surface area contributed by atoms with Crippen molar-refractivity contribution < 1.29 is 17.6 Å². The Kier molecular flexibility index (Phi) is 2.97. The van der Waals surface area contributed by atoms with E-state index in [-0.39, 0.29) is 22.0 Å². The fourth-order valence-electron chi connectivity index (χ4n) is 2.97. The van der Waals surface area contributed by atoms with E-state index in [9.17, 15) is 18.0 Å². The Labute approximate surface area is 134 Å². The largest absolute Gasteiger partial charge is 0.456 e. The lowest BCUT2D eigenvalue weighted by atomic mass is 10.0. The third kappa shape index (κ3) is 2.16. The van der Waals surface area contributed by atoms with E-state index >= 15 is 0 Å². The fraction of sp³-hybridized carbons (Fsp3) is 0.105. The summed E-state index contributed by atoms with van der Waals surface area (Å²) in [7, 11) is 0. The van der Waals surface area contributed by atoms with Gasteiger partial charge in [0, 0.05) is 0 Å². The first kappa shape index (κ1) is 14.8. The summed E-state index contributed by atoms with van der Waals surface area (Å²) in [6, 6.07) is 12.0. The van der Waals surface area contributed by atoms with Crippen LogP contribution in [0.1, 0.15) is 11.1 Å². The normalized spacial score (nSPS) is 12.3. The Bertz CT molecular complexity index is 1170. The first-order chi connectivity index (χ1) is 11.3. The smallest absolute Gasteiger partial charge is 0.416 e. The van der Waals surface area contributed by atoms with Crippen LogP contribution in [0.2, 0.25) is 0 Å². The van der Waals surface area contributed by atoms with Crippen LogP contribution in [0.25, 0.3) is 32.7 Å². The van der Waals surface area contributed by atoms with Crippen molar-refractivity contribution in [2.24, 2.45) is 0 Å². The molecule has 3 aromatic carbocycles. The second kappa shape index (κ2) is 4.84. The minimum absolute atomic E-state index is 0.0613. The number of fused-ring (bicyclic) bond motifs is 4. The summed E-state index contributed by atoms with van der Waals surface area (Å²) in [6.07, 6.45) is -4.48. The van der Waals surface area contributed by atoms with Gasteiger partial charge >= 0.3 is 6.18 Å². The van der Waals surface area contributed by atoms with Gasteiger partial charge in [0.1, 0.15) is 11.2 Å². The highest BCUT2D eigenvalue weighted by Crippen LogP contribution is 2.32. The first-order valence-corrected chi connectivity index (χ1v) is 7.32. The van der Waals surface area contributed by atoms with Gasteiger partial charge in [-0.3, -0.25) is 4.79 Å². The first-order valence-electron chi connectivity index (χ1n) is 7.32. The lowest BCUT2D eigenvalue weighted by Crippen LogP contribution is -2.07. The highest BCUT2D eigenvalue weighted by molar-refractivity contribution is 6.08. The van der Waals surface area contributed by atoms with Crippen LogP contribution in [-0.4, -0.2) is 0 Å². The maximum Gasteiger partial charge on any atom is 0.416 e. The van der Waals surface area contributed by atoms with Gasteiger partial charge in [0.15, 0.2) is 0 Å². The fourth-order valence-corrected chi connectivity index (χ4v) is 2.97. The van der Waals surface area contributed by atoms with Gasteiger partial charge in [-0.05, 0) is 42.0 Å². The van der Waals surface area contributed by atoms with Gasteiger partial charge in [-0.2, -0.15) is 13.2 Å². The zero-order chi connectivity index (χ0) is 17.1. The number of aryl methyl sites for hydroxylation is 1. The van der Waals surface area contributed by atoms with Crippen LogP contribution in [0, 0.1) is 6.92 Å². The number of hydrogen-bond donors (Lipinski definition) is 0. The number of rotatable bonds is 0. The van der Waals surface area contributed by atoms with E-state index in [4.69, 9.17) is 4.42 Å². The average molecular weight is 328 g/mol. The molecule has 5 heteroatoms. The molecular formula is C19H11F3O2. The zero-order valence-corrected chi connectivity index (χ0v) is 12.6. The minimum Gasteiger partial charge on any atom is -0.456 e. The molecule has 4 aromatic rings. The molecule has 0 amide bonds. The van der Waals surface area contributed by atoms with Crippen molar-refractivity contribution in [2.45, 2.75) is 13.1 Å². The van der Waals surface area contributed by atoms with Crippen molar-refractivity contribution in [3.63, 3.8) is 0 Å². The standard InChI is InChI=1S/C19H11F3O2/c1-10-2-5-13-11(8-10)3-7-15-17(13)18(23)14-6-4-12(19(20,21)22)9-16(14)24-15/h2-9H,1H3. The minimum atomic E-state index is -4.48. The summed E-state index contributed by atoms with van der Waals surface area (Å²) < 4.78 is 44.2. The van der Waals surface area contributed by atoms with E-state index in [2.05, 4.69) is 0 Å². The number of halogens is 3. The molecular weight excluding hydrogens is 317 g/mol. The topological polar surface area (TPSA) is 30.2 Å². The molecule has 0 aliphatic carbocycles. The second-order valence-corrected chi connectivity index (χ2v) is 5.80. The Morgan fingerprint density at radius 1 is 0.875 bits per heavy atom. The van der Waals surface area contributed by atoms with Crippen LogP contribution in [0.15, 0.2) is 57.7 Å². The molecule has 0 unspecified atom stereocenters. The van der Waals surface area contributed by atoms with Crippen molar-refractivity contribution in [1.82, 2.24) is 0 Å². The summed E-state index contributed by atoms with van der Waals surface area (Å²) in [5.41, 5.74) is 0.113. The predicted molar refractivity (Wildman–Crippen MR) is 87.2 cm³/mol. The zero-order valence-electron chi connectivity index (χ0n) is 12.6. The molecule has 0 N–H and O–H groups in total. The molecule has 0 spiro atoms. The third-order valence-electron chi connectivity index (χ3n) is 4.14. The molecule has 0 bridgehead atoms. The monoisotopic (exact) mass is 328 g/mol. The van der Waals surface area contributed by atoms with Crippen molar-refractivity contribution in [2.75, 3.05) is 0 Å². The van der Waals surface area contributed by atoms with Gasteiger partial charge in [-0.25, -0.2) is 0 Å². The molecule has 0 radical (unpaired) electrons. The van der Waals surface area contributed by atoms with Crippen LogP contribution < -0.4 is 5.43 Å². The molecule has 0 saturated heterocycles. The van der Waals surface area contributed by atoms with Crippen molar-refractivity contribution in [3.8, 4) is 0 Å². The van der Waals surface area contributed by atoms with Gasteiger partial charge < -0.3 is 4.42 Å². The lowest BCUT2D eigenvalue weighted by molar-refractivity contribution is -0.137. The summed E-state index contributed by atoms with van der Waals surface area (Å²) >= 11 is 0. The highest BCUT2D eigenvalue weighted by atomic mass is 19.4. The van der Waals surface area contributed by atoms with Crippen LogP contribution in [0.5, 0.6) is 0 Å². The van der Waals surface area contributed by atoms with E-state index in [0.717, 1.165) is 28.5 Å². The molecule has 4 rings (SSSR count). The molecule has 120 valence electrons. The van der Waals surface area contributed by atoms with Crippen molar-refractivity contribution in [3.05, 3.63) is 69.9 Å². The Balaban J connectivity index is 2.15. The summed E-state index contributed by atoms with van der Waals surface area (Å²) in [5.74, 6) is 0. The number of benzene rings is 3. The van der Waals surface area contributed by atoms with E-state index in [1.54, 1.807) is 12.1 Å². The van der Waals surface area contributed by atoms with E-state index < -0.39 is 11.7 Å². The Morgan fingerprint density at radius 2 is 1.62 bits per heavy atom. The van der Waals surface area contributed by atoms with Crippen LogP contribution in [0.3, 0.4) is 0 Å². The summed E-state index contributed by atoms with van der Waals surface area (Å²) in [4.78, 5) is 12.8. The van der Waals surface area contributed by atoms with Crippen molar-refractivity contribution >= 4 is 32.7 Å². The van der Waals surface area contributed by atoms with Crippen molar-refractivity contribution in [1.29, 1.82) is 0 Å².